The minimum absolute atomic E-state index is 0.533. The van der Waals surface area contributed by atoms with Crippen molar-refractivity contribution in [3.05, 3.63) is 54.6 Å². The topological polar surface area (TPSA) is 18.5 Å². The average Bonchev–Trinajstić information content (AvgIpc) is 2.48. The first kappa shape index (κ1) is 17.3. The second kappa shape index (κ2) is 8.52. The fourth-order valence-corrected chi connectivity index (χ4v) is 2.25. The van der Waals surface area contributed by atoms with Crippen LogP contribution in [0.25, 0.3) is 0 Å². The van der Waals surface area contributed by atoms with Crippen molar-refractivity contribution in [2.45, 2.75) is 23.1 Å². The van der Waals surface area contributed by atoms with E-state index in [9.17, 15) is 0 Å². The van der Waals surface area contributed by atoms with Crippen molar-refractivity contribution >= 4 is 34.8 Å². The SMILES string of the molecule is ClC(Cl)(Cl)CCCCOc1ccc(Oc2ccccc2)cc1. The molecule has 0 spiro atoms. The summed E-state index contributed by atoms with van der Waals surface area (Å²) in [6, 6.07) is 17.2. The summed E-state index contributed by atoms with van der Waals surface area (Å²) in [5, 5.41) is 0. The highest BCUT2D eigenvalue weighted by Gasteiger charge is 2.18. The van der Waals surface area contributed by atoms with Gasteiger partial charge in [-0.05, 0) is 55.7 Å². The zero-order valence-electron chi connectivity index (χ0n) is 12.0. The monoisotopic (exact) mass is 358 g/mol. The van der Waals surface area contributed by atoms with Crippen molar-refractivity contribution in [2.75, 3.05) is 6.61 Å². The number of benzene rings is 2. The number of ether oxygens (including phenoxy) is 2. The highest BCUT2D eigenvalue weighted by molar-refractivity contribution is 6.67. The van der Waals surface area contributed by atoms with Crippen molar-refractivity contribution in [1.29, 1.82) is 0 Å². The Labute approximate surface area is 145 Å². The van der Waals surface area contributed by atoms with Crippen molar-refractivity contribution < 1.29 is 9.47 Å². The van der Waals surface area contributed by atoms with Gasteiger partial charge in [-0.2, -0.15) is 0 Å². The van der Waals surface area contributed by atoms with Crippen LogP contribution in [0.4, 0.5) is 0 Å². The van der Waals surface area contributed by atoms with Crippen LogP contribution in [0.1, 0.15) is 19.3 Å². The van der Waals surface area contributed by atoms with E-state index >= 15 is 0 Å². The molecule has 0 aromatic heterocycles. The predicted molar refractivity (Wildman–Crippen MR) is 92.6 cm³/mol. The molecule has 0 unspecified atom stereocenters. The molecule has 0 atom stereocenters. The van der Waals surface area contributed by atoms with E-state index in [1.807, 2.05) is 54.6 Å². The van der Waals surface area contributed by atoms with Crippen LogP contribution in [0.15, 0.2) is 54.6 Å². The third-order valence-electron chi connectivity index (χ3n) is 2.93. The Morgan fingerprint density at radius 1 is 0.727 bits per heavy atom. The predicted octanol–water partition coefficient (Wildman–Crippen LogP) is 6.40. The molecule has 0 N–H and O–H groups in total. The van der Waals surface area contributed by atoms with Gasteiger partial charge in [0.05, 0.1) is 6.61 Å². The van der Waals surface area contributed by atoms with E-state index in [1.54, 1.807) is 0 Å². The van der Waals surface area contributed by atoms with Gasteiger partial charge in [0.15, 0.2) is 3.79 Å². The van der Waals surface area contributed by atoms with Gasteiger partial charge in [0.2, 0.25) is 0 Å². The molecule has 118 valence electrons. The molecule has 2 aromatic carbocycles. The Kier molecular flexibility index (Phi) is 6.69. The van der Waals surface area contributed by atoms with Crippen molar-refractivity contribution in [1.82, 2.24) is 0 Å². The average molecular weight is 360 g/mol. The molecule has 0 heterocycles. The molecule has 2 nitrogen and oxygen atoms in total. The maximum atomic E-state index is 5.71. The van der Waals surface area contributed by atoms with E-state index < -0.39 is 3.79 Å². The lowest BCUT2D eigenvalue weighted by molar-refractivity contribution is 0.305. The molecular weight excluding hydrogens is 343 g/mol. The molecule has 2 aromatic rings. The van der Waals surface area contributed by atoms with Crippen LogP contribution < -0.4 is 9.47 Å². The summed E-state index contributed by atoms with van der Waals surface area (Å²) in [4.78, 5) is 0. The summed E-state index contributed by atoms with van der Waals surface area (Å²) in [6.07, 6.45) is 2.19. The minimum atomic E-state index is -1.17. The Morgan fingerprint density at radius 2 is 1.32 bits per heavy atom. The summed E-state index contributed by atoms with van der Waals surface area (Å²) in [6.45, 7) is 0.597. The Hall–Kier alpha value is -1.09. The number of hydrogen-bond donors (Lipinski definition) is 0. The standard InChI is InChI=1S/C17H17Cl3O2/c18-17(19,20)12-4-5-13-21-14-8-10-16(11-9-14)22-15-6-2-1-3-7-15/h1-3,6-11H,4-5,12-13H2. The lowest BCUT2D eigenvalue weighted by Crippen LogP contribution is -2.03. The van der Waals surface area contributed by atoms with Gasteiger partial charge in [-0.3, -0.25) is 0 Å². The zero-order chi connectivity index (χ0) is 15.8. The van der Waals surface area contributed by atoms with Crippen LogP contribution in [-0.4, -0.2) is 10.4 Å². The molecule has 0 saturated heterocycles. The fraction of sp³-hybridized carbons (Fsp3) is 0.294. The normalized spacial score (nSPS) is 11.2. The number of rotatable bonds is 7. The number of alkyl halides is 3. The third kappa shape index (κ3) is 6.78. The third-order valence-corrected chi connectivity index (χ3v) is 3.49. The van der Waals surface area contributed by atoms with Crippen LogP contribution >= 0.6 is 34.8 Å². The Balaban J connectivity index is 1.73. The molecular formula is C17H17Cl3O2. The van der Waals surface area contributed by atoms with Gasteiger partial charge in [0.1, 0.15) is 17.2 Å². The first-order chi connectivity index (χ1) is 10.5. The fourth-order valence-electron chi connectivity index (χ4n) is 1.85. The van der Waals surface area contributed by atoms with Crippen LogP contribution in [-0.2, 0) is 0 Å². The minimum Gasteiger partial charge on any atom is -0.494 e. The van der Waals surface area contributed by atoms with E-state index in [1.165, 1.54) is 0 Å². The lowest BCUT2D eigenvalue weighted by atomic mass is 10.2. The largest absolute Gasteiger partial charge is 0.494 e. The van der Waals surface area contributed by atoms with E-state index in [2.05, 4.69) is 0 Å². The quantitative estimate of drug-likeness (QED) is 0.421. The lowest BCUT2D eigenvalue weighted by Gasteiger charge is -2.11. The van der Waals surface area contributed by atoms with Crippen molar-refractivity contribution in [2.24, 2.45) is 0 Å². The van der Waals surface area contributed by atoms with Gasteiger partial charge in [0, 0.05) is 0 Å². The van der Waals surface area contributed by atoms with Crippen molar-refractivity contribution in [3.63, 3.8) is 0 Å². The van der Waals surface area contributed by atoms with Crippen LogP contribution in [0.5, 0.6) is 17.2 Å². The summed E-state index contributed by atoms with van der Waals surface area (Å²) in [5.74, 6) is 2.38. The summed E-state index contributed by atoms with van der Waals surface area (Å²) >= 11 is 17.1. The van der Waals surface area contributed by atoms with Gasteiger partial charge in [0.25, 0.3) is 0 Å². The summed E-state index contributed by atoms with van der Waals surface area (Å²) in [7, 11) is 0. The highest BCUT2D eigenvalue weighted by Crippen LogP contribution is 2.31. The molecule has 0 aliphatic heterocycles. The molecule has 0 aliphatic carbocycles. The second-order valence-corrected chi connectivity index (χ2v) is 7.32. The second-order valence-electron chi connectivity index (χ2n) is 4.81. The van der Waals surface area contributed by atoms with E-state index in [0.29, 0.717) is 13.0 Å². The number of halogens is 3. The molecule has 5 heteroatoms. The van der Waals surface area contributed by atoms with Gasteiger partial charge < -0.3 is 9.47 Å². The highest BCUT2D eigenvalue weighted by atomic mass is 35.6. The molecule has 0 bridgehead atoms. The van der Waals surface area contributed by atoms with E-state index in [4.69, 9.17) is 44.3 Å². The first-order valence-corrected chi connectivity index (χ1v) is 8.19. The van der Waals surface area contributed by atoms with Gasteiger partial charge in [-0.25, -0.2) is 0 Å². The molecule has 0 aliphatic rings. The van der Waals surface area contributed by atoms with Crippen LogP contribution in [0, 0.1) is 0 Å². The zero-order valence-corrected chi connectivity index (χ0v) is 14.2. The number of unbranched alkanes of at least 4 members (excludes halogenated alkanes) is 1. The maximum absolute atomic E-state index is 5.71. The van der Waals surface area contributed by atoms with Crippen LogP contribution in [0.2, 0.25) is 0 Å². The molecule has 0 saturated carbocycles. The summed E-state index contributed by atoms with van der Waals surface area (Å²) in [5.41, 5.74) is 0. The van der Waals surface area contributed by atoms with Crippen LogP contribution in [0.3, 0.4) is 0 Å². The molecule has 2 rings (SSSR count). The molecule has 0 amide bonds. The Morgan fingerprint density at radius 3 is 1.95 bits per heavy atom. The van der Waals surface area contributed by atoms with Gasteiger partial charge >= 0.3 is 0 Å². The number of para-hydroxylation sites is 1. The van der Waals surface area contributed by atoms with E-state index in [0.717, 1.165) is 30.1 Å². The summed E-state index contributed by atoms with van der Waals surface area (Å²) < 4.78 is 10.2. The first-order valence-electron chi connectivity index (χ1n) is 7.05. The molecule has 0 radical (unpaired) electrons. The van der Waals surface area contributed by atoms with Crippen molar-refractivity contribution in [3.8, 4) is 17.2 Å². The van der Waals surface area contributed by atoms with Gasteiger partial charge in [-0.1, -0.05) is 53.0 Å². The Bertz CT molecular complexity index is 550. The smallest absolute Gasteiger partial charge is 0.190 e. The molecule has 0 fully saturated rings. The van der Waals surface area contributed by atoms with Gasteiger partial charge in [-0.15, -0.1) is 0 Å². The molecule has 22 heavy (non-hydrogen) atoms. The van der Waals surface area contributed by atoms with E-state index in [-0.39, 0.29) is 0 Å². The maximum Gasteiger partial charge on any atom is 0.190 e. The number of hydrogen-bond acceptors (Lipinski definition) is 2.